The van der Waals surface area contributed by atoms with Gasteiger partial charge in [-0.3, -0.25) is 0 Å². The molecular formula is C29H26N2O4S4. The van der Waals surface area contributed by atoms with Gasteiger partial charge in [-0.1, -0.05) is 47.8 Å². The van der Waals surface area contributed by atoms with Crippen molar-refractivity contribution in [2.45, 2.75) is 35.8 Å². The van der Waals surface area contributed by atoms with Crippen molar-refractivity contribution in [2.24, 2.45) is 0 Å². The summed E-state index contributed by atoms with van der Waals surface area (Å²) in [5.74, 6) is 0. The molecule has 0 atom stereocenters. The molecule has 4 aromatic rings. The maximum absolute atomic E-state index is 12.3. The van der Waals surface area contributed by atoms with Crippen molar-refractivity contribution in [3.63, 3.8) is 0 Å². The molecule has 0 fully saturated rings. The Bertz CT molecular complexity index is 1690. The largest absolute Gasteiger partial charge is 0.340 e. The Morgan fingerprint density at radius 3 is 1.33 bits per heavy atom. The summed E-state index contributed by atoms with van der Waals surface area (Å²) in [4.78, 5) is 9.29. The average Bonchev–Trinajstić information content (AvgIpc) is 2.90. The lowest BCUT2D eigenvalue weighted by Gasteiger charge is -2.36. The first kappa shape index (κ1) is 26.3. The minimum atomic E-state index is -3.35. The Kier molecular flexibility index (Phi) is 6.69. The van der Waals surface area contributed by atoms with Crippen LogP contribution >= 0.6 is 23.5 Å². The molecule has 0 spiro atoms. The Labute approximate surface area is 237 Å². The lowest BCUT2D eigenvalue weighted by Crippen LogP contribution is -2.28. The molecule has 4 aromatic carbocycles. The standard InChI is InChI=1S/C29H26N2O4S4/c1-38(32,33)20-12-14-28-24(18-20)30(22-8-3-5-10-26(22)36-28)16-7-17-31-23-9-4-6-11-27(23)37-29-15-13-21(19-25(29)31)39(2,34)35/h3-6,8-15,18-19H,7,16-17H2,1-2H3. The topological polar surface area (TPSA) is 74.8 Å². The summed E-state index contributed by atoms with van der Waals surface area (Å²) in [6.07, 6.45) is 3.22. The highest BCUT2D eigenvalue weighted by molar-refractivity contribution is 8.00. The fraction of sp³-hybridized carbons (Fsp3) is 0.172. The molecule has 10 heteroatoms. The number of hydrogen-bond donors (Lipinski definition) is 0. The van der Waals surface area contributed by atoms with E-state index in [-0.39, 0.29) is 0 Å². The molecule has 0 saturated carbocycles. The van der Waals surface area contributed by atoms with Gasteiger partial charge in [-0.25, -0.2) is 16.8 Å². The summed E-state index contributed by atoms with van der Waals surface area (Å²) in [7, 11) is -6.71. The molecule has 6 nitrogen and oxygen atoms in total. The maximum Gasteiger partial charge on any atom is 0.175 e. The second-order valence-corrected chi connectivity index (χ2v) is 15.8. The third kappa shape index (κ3) is 5.06. The highest BCUT2D eigenvalue weighted by Crippen LogP contribution is 2.50. The molecule has 2 aliphatic rings. The smallest absolute Gasteiger partial charge is 0.175 e. The van der Waals surface area contributed by atoms with E-state index in [2.05, 4.69) is 34.1 Å². The third-order valence-corrected chi connectivity index (χ3v) is 11.3. The second kappa shape index (κ2) is 9.92. The van der Waals surface area contributed by atoms with Gasteiger partial charge in [-0.05, 0) is 67.1 Å². The van der Waals surface area contributed by atoms with Crippen molar-refractivity contribution in [3.8, 4) is 0 Å². The van der Waals surface area contributed by atoms with E-state index in [0.717, 1.165) is 48.8 Å². The minimum Gasteiger partial charge on any atom is -0.340 e. The Hall–Kier alpha value is -2.92. The van der Waals surface area contributed by atoms with E-state index in [1.165, 1.54) is 12.5 Å². The summed E-state index contributed by atoms with van der Waals surface area (Å²) >= 11 is 3.29. The highest BCUT2D eigenvalue weighted by atomic mass is 32.2. The van der Waals surface area contributed by atoms with Gasteiger partial charge < -0.3 is 9.80 Å². The van der Waals surface area contributed by atoms with E-state index >= 15 is 0 Å². The number of anilines is 4. The summed E-state index contributed by atoms with van der Waals surface area (Å²) in [6.45, 7) is 1.31. The number of hydrogen-bond acceptors (Lipinski definition) is 8. The molecule has 200 valence electrons. The number of rotatable bonds is 6. The minimum absolute atomic E-state index is 0.301. The zero-order chi connectivity index (χ0) is 27.4. The summed E-state index contributed by atoms with van der Waals surface area (Å²) < 4.78 is 49.4. The molecule has 0 aromatic heterocycles. The number of fused-ring (bicyclic) bond motifs is 4. The normalized spacial score (nSPS) is 14.3. The SMILES string of the molecule is CS(=O)(=O)c1ccc2c(c1)N(CCCN1c3ccccc3Sc3ccc(S(C)(=O)=O)cc31)c1ccccc1S2. The number of para-hydroxylation sites is 2. The zero-order valence-corrected chi connectivity index (χ0v) is 24.6. The fourth-order valence-corrected chi connectivity index (χ4v) is 8.38. The van der Waals surface area contributed by atoms with Crippen LogP contribution in [0, 0.1) is 0 Å². The Balaban J connectivity index is 1.35. The molecule has 0 amide bonds. The van der Waals surface area contributed by atoms with Crippen molar-refractivity contribution in [3.05, 3.63) is 84.9 Å². The molecule has 2 heterocycles. The van der Waals surface area contributed by atoms with Crippen LogP contribution in [0.5, 0.6) is 0 Å². The summed E-state index contributed by atoms with van der Waals surface area (Å²) in [5.41, 5.74) is 3.87. The van der Waals surface area contributed by atoms with E-state index in [0.29, 0.717) is 22.9 Å². The van der Waals surface area contributed by atoms with Crippen LogP contribution in [0.2, 0.25) is 0 Å². The first-order valence-electron chi connectivity index (χ1n) is 12.4. The van der Waals surface area contributed by atoms with Gasteiger partial charge in [0.1, 0.15) is 0 Å². The van der Waals surface area contributed by atoms with Gasteiger partial charge in [-0.15, -0.1) is 0 Å². The van der Waals surface area contributed by atoms with E-state index in [9.17, 15) is 16.8 Å². The molecule has 6 rings (SSSR count). The van der Waals surface area contributed by atoms with Gasteiger partial charge in [0.25, 0.3) is 0 Å². The van der Waals surface area contributed by atoms with E-state index in [4.69, 9.17) is 0 Å². The van der Waals surface area contributed by atoms with Crippen LogP contribution < -0.4 is 9.80 Å². The molecule has 2 aliphatic heterocycles. The monoisotopic (exact) mass is 594 g/mol. The molecule has 0 aliphatic carbocycles. The first-order valence-corrected chi connectivity index (χ1v) is 17.8. The van der Waals surface area contributed by atoms with Crippen molar-refractivity contribution < 1.29 is 16.8 Å². The van der Waals surface area contributed by atoms with E-state index < -0.39 is 19.7 Å². The average molecular weight is 595 g/mol. The van der Waals surface area contributed by atoms with Crippen molar-refractivity contribution >= 4 is 65.9 Å². The van der Waals surface area contributed by atoms with Gasteiger partial charge >= 0.3 is 0 Å². The van der Waals surface area contributed by atoms with Crippen LogP contribution in [0.4, 0.5) is 22.7 Å². The van der Waals surface area contributed by atoms with Gasteiger partial charge in [0, 0.05) is 45.2 Å². The Morgan fingerprint density at radius 1 is 0.538 bits per heavy atom. The number of sulfone groups is 2. The van der Waals surface area contributed by atoms with Crippen LogP contribution in [0.25, 0.3) is 0 Å². The lowest BCUT2D eigenvalue weighted by molar-refractivity contribution is 0.600. The molecular weight excluding hydrogens is 569 g/mol. The van der Waals surface area contributed by atoms with Crippen LogP contribution in [0.15, 0.2) is 114 Å². The Morgan fingerprint density at radius 2 is 0.923 bits per heavy atom. The number of benzene rings is 4. The van der Waals surface area contributed by atoms with Gasteiger partial charge in [-0.2, -0.15) is 0 Å². The lowest BCUT2D eigenvalue weighted by atomic mass is 10.2. The molecule has 0 bridgehead atoms. The second-order valence-electron chi connectivity index (χ2n) is 9.60. The van der Waals surface area contributed by atoms with Gasteiger partial charge in [0.2, 0.25) is 0 Å². The predicted octanol–water partition coefficient (Wildman–Crippen LogP) is 6.79. The van der Waals surface area contributed by atoms with Gasteiger partial charge in [0.15, 0.2) is 19.7 Å². The molecule has 39 heavy (non-hydrogen) atoms. The predicted molar refractivity (Wildman–Crippen MR) is 159 cm³/mol. The van der Waals surface area contributed by atoms with Crippen LogP contribution in [0.3, 0.4) is 0 Å². The first-order chi connectivity index (χ1) is 18.6. The zero-order valence-electron chi connectivity index (χ0n) is 21.4. The number of nitrogens with zero attached hydrogens (tertiary/aromatic N) is 2. The van der Waals surface area contributed by atoms with Crippen LogP contribution in [-0.2, 0) is 19.7 Å². The van der Waals surface area contributed by atoms with E-state index in [1.54, 1.807) is 47.8 Å². The van der Waals surface area contributed by atoms with Crippen molar-refractivity contribution in [2.75, 3.05) is 35.4 Å². The quantitative estimate of drug-likeness (QED) is 0.242. The van der Waals surface area contributed by atoms with Crippen molar-refractivity contribution in [1.29, 1.82) is 0 Å². The highest BCUT2D eigenvalue weighted by Gasteiger charge is 2.27. The summed E-state index contributed by atoms with van der Waals surface area (Å²) in [5, 5.41) is 0. The van der Waals surface area contributed by atoms with E-state index in [1.807, 2.05) is 36.4 Å². The molecule has 0 saturated heterocycles. The van der Waals surface area contributed by atoms with Crippen LogP contribution in [0.1, 0.15) is 6.42 Å². The van der Waals surface area contributed by atoms with Crippen molar-refractivity contribution in [1.82, 2.24) is 0 Å². The molecule has 0 N–H and O–H groups in total. The van der Waals surface area contributed by atoms with Crippen LogP contribution in [-0.4, -0.2) is 42.4 Å². The van der Waals surface area contributed by atoms with Gasteiger partial charge in [0.05, 0.1) is 32.5 Å². The third-order valence-electron chi connectivity index (χ3n) is 6.81. The molecule has 0 unspecified atom stereocenters. The summed E-state index contributed by atoms with van der Waals surface area (Å²) in [6, 6.07) is 27.0. The molecule has 0 radical (unpaired) electrons. The fourth-order valence-electron chi connectivity index (χ4n) is 4.95. The maximum atomic E-state index is 12.3.